The minimum Gasteiger partial charge on any atom is -0.741 e. The standard InChI is InChI=1S/C14H13F3NO.CHF3O3S.H2O/c1-18(2)11-8-4-6-9-5-3-7-10(12(9)11)13(18,19)14(15,16)17;2-1(3,4)8(5,6)7;/h3-8,19H,1-2H3;(H,5,6,7);1H2/q+1;;/p-1/t13-;;/m0../s1. The van der Waals surface area contributed by atoms with Crippen LogP contribution in [0, 0.1) is 0 Å². The molecule has 0 spiro atoms. The predicted molar refractivity (Wildman–Crippen MR) is 86.9 cm³/mol. The van der Waals surface area contributed by atoms with Crippen molar-refractivity contribution in [3.63, 3.8) is 0 Å². The van der Waals surface area contributed by atoms with E-state index in [1.807, 2.05) is 0 Å². The van der Waals surface area contributed by atoms with Gasteiger partial charge in [0.25, 0.3) is 0 Å². The van der Waals surface area contributed by atoms with Crippen molar-refractivity contribution in [1.29, 1.82) is 0 Å². The first-order valence-electron chi connectivity index (χ1n) is 7.14. The zero-order valence-electron chi connectivity index (χ0n) is 14.3. The van der Waals surface area contributed by atoms with Crippen LogP contribution in [-0.4, -0.2) is 49.3 Å². The summed E-state index contributed by atoms with van der Waals surface area (Å²) in [5, 5.41) is 11.6. The number of nitrogens with zero attached hydrogens (tertiary/aromatic N) is 1. The Labute approximate surface area is 155 Å². The summed E-state index contributed by atoms with van der Waals surface area (Å²) >= 11 is 0. The van der Waals surface area contributed by atoms with E-state index in [-0.39, 0.29) is 11.0 Å². The molecule has 3 rings (SSSR count). The summed E-state index contributed by atoms with van der Waals surface area (Å²) in [5.74, 6) is 0. The van der Waals surface area contributed by atoms with Gasteiger partial charge in [0.05, 0.1) is 25.0 Å². The molecule has 2 aromatic carbocycles. The summed E-state index contributed by atoms with van der Waals surface area (Å²) in [7, 11) is -3.34. The smallest absolute Gasteiger partial charge is 0.485 e. The van der Waals surface area contributed by atoms with E-state index in [9.17, 15) is 31.4 Å². The Balaban J connectivity index is 0.000000376. The molecule has 2 aromatic rings. The van der Waals surface area contributed by atoms with Crippen molar-refractivity contribution >= 4 is 26.6 Å². The first kappa shape index (κ1) is 24.1. The summed E-state index contributed by atoms with van der Waals surface area (Å²) in [6, 6.07) is 9.75. The van der Waals surface area contributed by atoms with Crippen LogP contribution in [0.25, 0.3) is 10.8 Å². The first-order chi connectivity index (χ1) is 12.0. The van der Waals surface area contributed by atoms with E-state index in [4.69, 9.17) is 13.0 Å². The van der Waals surface area contributed by atoms with Gasteiger partial charge in [0.15, 0.2) is 10.1 Å². The van der Waals surface area contributed by atoms with E-state index in [1.165, 1.54) is 20.2 Å². The van der Waals surface area contributed by atoms with Gasteiger partial charge in [0.1, 0.15) is 5.69 Å². The third-order valence-corrected chi connectivity index (χ3v) is 4.92. The number of hydrogen-bond acceptors (Lipinski definition) is 4. The molecular weight excluding hydrogens is 420 g/mol. The van der Waals surface area contributed by atoms with Gasteiger partial charge in [0.2, 0.25) is 0 Å². The second-order valence-corrected chi connectivity index (χ2v) is 7.58. The van der Waals surface area contributed by atoms with E-state index >= 15 is 0 Å². The van der Waals surface area contributed by atoms with Gasteiger partial charge in [-0.25, -0.2) is 8.42 Å². The molecule has 0 fully saturated rings. The van der Waals surface area contributed by atoms with Gasteiger partial charge in [-0.2, -0.15) is 26.3 Å². The maximum atomic E-state index is 13.5. The molecule has 0 amide bonds. The quantitative estimate of drug-likeness (QED) is 0.297. The molecule has 158 valence electrons. The Morgan fingerprint density at radius 3 is 1.82 bits per heavy atom. The van der Waals surface area contributed by atoms with Crippen molar-refractivity contribution in [2.45, 2.75) is 17.4 Å². The summed E-state index contributed by atoms with van der Waals surface area (Å²) in [5.41, 5.74) is -8.14. The largest absolute Gasteiger partial charge is 0.741 e. The molecule has 0 saturated heterocycles. The molecule has 0 bridgehead atoms. The van der Waals surface area contributed by atoms with Gasteiger partial charge in [-0.1, -0.05) is 24.3 Å². The molecule has 3 N–H and O–H groups in total. The third-order valence-electron chi connectivity index (χ3n) is 4.35. The number of alkyl halides is 6. The van der Waals surface area contributed by atoms with Gasteiger partial charge < -0.3 is 15.1 Å². The monoisotopic (exact) mass is 435 g/mol. The minimum atomic E-state index is -6.09. The van der Waals surface area contributed by atoms with E-state index in [0.717, 1.165) is 0 Å². The number of rotatable bonds is 0. The lowest BCUT2D eigenvalue weighted by Gasteiger charge is -2.40. The zero-order chi connectivity index (χ0) is 21.1. The number of aliphatic hydroxyl groups is 1. The molecule has 28 heavy (non-hydrogen) atoms. The van der Waals surface area contributed by atoms with Crippen molar-refractivity contribution in [3.05, 3.63) is 42.0 Å². The molecule has 1 atom stereocenters. The Kier molecular flexibility index (Phi) is 5.89. The van der Waals surface area contributed by atoms with Crippen LogP contribution >= 0.6 is 0 Å². The lowest BCUT2D eigenvalue weighted by molar-refractivity contribution is -0.308. The van der Waals surface area contributed by atoms with Crippen molar-refractivity contribution < 1.29 is 49.9 Å². The number of quaternary nitrogens is 1. The maximum Gasteiger partial charge on any atom is 0.485 e. The van der Waals surface area contributed by atoms with E-state index in [2.05, 4.69) is 0 Å². The molecule has 1 heterocycles. The molecule has 6 nitrogen and oxygen atoms in total. The van der Waals surface area contributed by atoms with Crippen LogP contribution in [0.15, 0.2) is 36.4 Å². The molecule has 0 aromatic heterocycles. The average Bonchev–Trinajstić information content (AvgIpc) is 2.67. The molecule has 13 heteroatoms. The van der Waals surface area contributed by atoms with Crippen molar-refractivity contribution in [2.75, 3.05) is 14.1 Å². The van der Waals surface area contributed by atoms with E-state index in [1.54, 1.807) is 30.3 Å². The Morgan fingerprint density at radius 2 is 1.43 bits per heavy atom. The average molecular weight is 435 g/mol. The molecule has 1 aliphatic rings. The van der Waals surface area contributed by atoms with Crippen molar-refractivity contribution in [2.24, 2.45) is 0 Å². The van der Waals surface area contributed by atoms with Crippen LogP contribution < -0.4 is 4.48 Å². The Hall–Kier alpha value is -1.93. The normalized spacial score (nSPS) is 20.9. The van der Waals surface area contributed by atoms with Crippen LogP contribution in [0.3, 0.4) is 0 Å². The van der Waals surface area contributed by atoms with Gasteiger partial charge >= 0.3 is 17.4 Å². The summed E-state index contributed by atoms with van der Waals surface area (Å²) in [6.07, 6.45) is -4.75. The number of benzene rings is 2. The van der Waals surface area contributed by atoms with Gasteiger partial charge in [-0.3, -0.25) is 4.48 Å². The predicted octanol–water partition coefficient (Wildman–Crippen LogP) is 2.35. The minimum absolute atomic E-state index is 0. The highest BCUT2D eigenvalue weighted by molar-refractivity contribution is 7.86. The lowest BCUT2D eigenvalue weighted by Crippen LogP contribution is -2.63. The first-order valence-corrected chi connectivity index (χ1v) is 8.55. The van der Waals surface area contributed by atoms with Crippen LogP contribution in [0.4, 0.5) is 32.0 Å². The maximum absolute atomic E-state index is 13.5. The summed E-state index contributed by atoms with van der Waals surface area (Å²) < 4.78 is 98.7. The molecule has 0 saturated carbocycles. The fourth-order valence-electron chi connectivity index (χ4n) is 3.02. The van der Waals surface area contributed by atoms with Crippen molar-refractivity contribution in [1.82, 2.24) is 4.48 Å². The molecule has 0 unspecified atom stereocenters. The molecular formula is C15H15F6NO5S. The van der Waals surface area contributed by atoms with Gasteiger partial charge in [-0.15, -0.1) is 0 Å². The topological polar surface area (TPSA) is 109 Å². The lowest BCUT2D eigenvalue weighted by atomic mass is 9.98. The highest BCUT2D eigenvalue weighted by atomic mass is 32.2. The van der Waals surface area contributed by atoms with Gasteiger partial charge in [-0.05, 0) is 17.5 Å². The third kappa shape index (κ3) is 3.43. The summed E-state index contributed by atoms with van der Waals surface area (Å²) in [6.45, 7) is 0. The van der Waals surface area contributed by atoms with E-state index in [0.29, 0.717) is 16.5 Å². The Morgan fingerprint density at radius 1 is 1.00 bits per heavy atom. The fourth-order valence-corrected chi connectivity index (χ4v) is 3.02. The number of hydrogen-bond donors (Lipinski definition) is 1. The van der Waals surface area contributed by atoms with Crippen LogP contribution in [0.1, 0.15) is 5.56 Å². The SMILES string of the molecule is C[N+]1(C)c2cccc3cccc(c23)[C@]1(O)C(F)(F)F.O.O=S(=O)([O-])C(F)(F)F. The van der Waals surface area contributed by atoms with Crippen molar-refractivity contribution in [3.8, 4) is 0 Å². The summed E-state index contributed by atoms with van der Waals surface area (Å²) in [4.78, 5) is 0. The molecule has 0 aliphatic carbocycles. The molecule has 0 radical (unpaired) electrons. The van der Waals surface area contributed by atoms with Crippen LogP contribution in [-0.2, 0) is 15.8 Å². The van der Waals surface area contributed by atoms with E-state index < -0.39 is 32.0 Å². The molecule has 1 aliphatic heterocycles. The zero-order valence-corrected chi connectivity index (χ0v) is 15.1. The fraction of sp³-hybridized carbons (Fsp3) is 0.333. The van der Waals surface area contributed by atoms with Crippen LogP contribution in [0.5, 0.6) is 0 Å². The van der Waals surface area contributed by atoms with Crippen LogP contribution in [0.2, 0.25) is 0 Å². The highest BCUT2D eigenvalue weighted by Gasteiger charge is 2.71. The number of halogens is 6. The highest BCUT2D eigenvalue weighted by Crippen LogP contribution is 2.55. The van der Waals surface area contributed by atoms with Gasteiger partial charge in [0, 0.05) is 0 Å². The second-order valence-electron chi connectivity index (χ2n) is 6.20. The second kappa shape index (κ2) is 6.84. The Bertz CT molecular complexity index is 981.